The van der Waals surface area contributed by atoms with Crippen LogP contribution >= 0.6 is 11.3 Å². The summed E-state index contributed by atoms with van der Waals surface area (Å²) in [5.41, 5.74) is 4.46. The van der Waals surface area contributed by atoms with Gasteiger partial charge in [0, 0.05) is 17.2 Å². The first-order valence-corrected chi connectivity index (χ1v) is 12.0. The number of methoxy groups -OCH3 is 1. The van der Waals surface area contributed by atoms with E-state index >= 15 is 0 Å². The van der Waals surface area contributed by atoms with Crippen molar-refractivity contribution in [2.24, 2.45) is 11.8 Å². The molecule has 0 spiro atoms. The van der Waals surface area contributed by atoms with Crippen molar-refractivity contribution in [3.8, 4) is 16.9 Å². The van der Waals surface area contributed by atoms with E-state index in [1.54, 1.807) is 30.6 Å². The Kier molecular flexibility index (Phi) is 6.02. The highest BCUT2D eigenvalue weighted by atomic mass is 32.1. The zero-order valence-corrected chi connectivity index (χ0v) is 19.5. The lowest BCUT2D eigenvalue weighted by molar-refractivity contribution is -0.142. The summed E-state index contributed by atoms with van der Waals surface area (Å²) in [6, 6.07) is 21.3. The van der Waals surface area contributed by atoms with Gasteiger partial charge in [-0.2, -0.15) is 0 Å². The first kappa shape index (κ1) is 22.1. The maximum Gasteiger partial charge on any atom is 0.307 e. The average Bonchev–Trinajstić information content (AvgIpc) is 3.51. The van der Waals surface area contributed by atoms with Crippen LogP contribution in [0.15, 0.2) is 66.7 Å². The number of hydrogen-bond acceptors (Lipinski definition) is 6. The number of benzene rings is 3. The number of thiazole rings is 1. The predicted molar refractivity (Wildman–Crippen MR) is 134 cm³/mol. The molecule has 2 unspecified atom stereocenters. The number of ether oxygens (including phenoxy) is 1. The monoisotopic (exact) mass is 472 g/mol. The third-order valence-corrected chi connectivity index (χ3v) is 7.34. The fraction of sp³-hybridized carbons (Fsp3) is 0.222. The fourth-order valence-electron chi connectivity index (χ4n) is 4.57. The highest BCUT2D eigenvalue weighted by molar-refractivity contribution is 7.22. The lowest BCUT2D eigenvalue weighted by Gasteiger charge is -2.14. The van der Waals surface area contributed by atoms with Gasteiger partial charge in [-0.1, -0.05) is 54.2 Å². The smallest absolute Gasteiger partial charge is 0.307 e. The molecule has 0 saturated heterocycles. The van der Waals surface area contributed by atoms with Gasteiger partial charge in [0.05, 0.1) is 23.2 Å². The number of aromatic nitrogens is 1. The van der Waals surface area contributed by atoms with E-state index in [2.05, 4.69) is 10.3 Å². The van der Waals surface area contributed by atoms with Crippen molar-refractivity contribution in [1.29, 1.82) is 0 Å². The van der Waals surface area contributed by atoms with Crippen LogP contribution in [0.2, 0.25) is 0 Å². The second-order valence-electron chi connectivity index (χ2n) is 8.48. The zero-order chi connectivity index (χ0) is 23.7. The normalized spacial score (nSPS) is 17.6. The van der Waals surface area contributed by atoms with E-state index in [1.165, 1.54) is 0 Å². The number of carbonyl (C=O) groups excluding carboxylic acids is 1. The van der Waals surface area contributed by atoms with Crippen molar-refractivity contribution in [2.75, 3.05) is 12.4 Å². The molecule has 1 aliphatic rings. The van der Waals surface area contributed by atoms with Crippen LogP contribution in [0.4, 0.5) is 10.8 Å². The molecule has 1 heterocycles. The maximum absolute atomic E-state index is 12.8. The number of carboxylic acid groups (broad SMARTS) is 1. The molecule has 2 N–H and O–H groups in total. The third kappa shape index (κ3) is 4.39. The number of rotatable bonds is 7. The Morgan fingerprint density at radius 1 is 0.971 bits per heavy atom. The molecule has 6 nitrogen and oxygen atoms in total. The summed E-state index contributed by atoms with van der Waals surface area (Å²) in [5.74, 6) is -1.11. The third-order valence-electron chi connectivity index (χ3n) is 6.40. The minimum atomic E-state index is -0.869. The number of aliphatic carboxylic acids is 1. The summed E-state index contributed by atoms with van der Waals surface area (Å²) in [4.78, 5) is 28.9. The van der Waals surface area contributed by atoms with Gasteiger partial charge < -0.3 is 15.2 Å². The van der Waals surface area contributed by atoms with Gasteiger partial charge in [-0.05, 0) is 54.3 Å². The molecular weight excluding hydrogens is 448 g/mol. The first-order valence-electron chi connectivity index (χ1n) is 11.2. The van der Waals surface area contributed by atoms with Gasteiger partial charge in [0.25, 0.3) is 0 Å². The molecule has 0 amide bonds. The number of fused-ring (bicyclic) bond motifs is 1. The lowest BCUT2D eigenvalue weighted by atomic mass is 9.88. The van der Waals surface area contributed by atoms with Gasteiger partial charge in [0.15, 0.2) is 10.9 Å². The molecular formula is C27H24N2O4S. The first-order chi connectivity index (χ1) is 16.5. The SMILES string of the molecule is COc1ccc2nc(Nc3ccc(-c4ccc(C(=O)C5CCCC5C(=O)O)cc4)cc3)sc2c1. The van der Waals surface area contributed by atoms with Gasteiger partial charge in [-0.25, -0.2) is 4.98 Å². The highest BCUT2D eigenvalue weighted by Gasteiger charge is 2.37. The van der Waals surface area contributed by atoms with Crippen LogP contribution in [0.1, 0.15) is 29.6 Å². The minimum Gasteiger partial charge on any atom is -0.497 e. The van der Waals surface area contributed by atoms with Gasteiger partial charge >= 0.3 is 5.97 Å². The van der Waals surface area contributed by atoms with Gasteiger partial charge in [-0.15, -0.1) is 0 Å². The van der Waals surface area contributed by atoms with Gasteiger partial charge in [0.1, 0.15) is 5.75 Å². The second kappa shape index (κ2) is 9.27. The van der Waals surface area contributed by atoms with Crippen LogP contribution in [0.3, 0.4) is 0 Å². The topological polar surface area (TPSA) is 88.5 Å². The Morgan fingerprint density at radius 3 is 2.32 bits per heavy atom. The second-order valence-corrected chi connectivity index (χ2v) is 9.51. The summed E-state index contributed by atoms with van der Waals surface area (Å²) in [5, 5.41) is 13.5. The van der Waals surface area contributed by atoms with Crippen LogP contribution in [-0.4, -0.2) is 29.0 Å². The van der Waals surface area contributed by atoms with Crippen molar-refractivity contribution in [3.05, 3.63) is 72.3 Å². The molecule has 1 saturated carbocycles. The van der Waals surface area contributed by atoms with Crippen LogP contribution in [0.5, 0.6) is 5.75 Å². The van der Waals surface area contributed by atoms with Crippen LogP contribution in [0.25, 0.3) is 21.3 Å². The quantitative estimate of drug-likeness (QED) is 0.303. The van der Waals surface area contributed by atoms with E-state index in [0.717, 1.165) is 44.3 Å². The summed E-state index contributed by atoms with van der Waals surface area (Å²) in [6.07, 6.45) is 2.01. The number of carboxylic acids is 1. The maximum atomic E-state index is 12.8. The average molecular weight is 473 g/mol. The standard InChI is InChI=1S/C27H24N2O4S/c1-33-20-13-14-23-24(15-20)34-27(29-23)28-19-11-9-17(10-12-19)16-5-7-18(8-6-16)25(30)21-3-2-4-22(21)26(31)32/h5-15,21-22H,2-4H2,1H3,(H,28,29)(H,31,32). The van der Waals surface area contributed by atoms with E-state index in [0.29, 0.717) is 18.4 Å². The number of Topliss-reactive ketones (excluding diaryl/α,β-unsaturated/α-hetero) is 1. The Balaban J connectivity index is 1.28. The summed E-state index contributed by atoms with van der Waals surface area (Å²) in [6.45, 7) is 0. The predicted octanol–water partition coefficient (Wildman–Crippen LogP) is 6.40. The van der Waals surface area contributed by atoms with Crippen molar-refractivity contribution in [2.45, 2.75) is 19.3 Å². The molecule has 34 heavy (non-hydrogen) atoms. The molecule has 5 rings (SSSR count). The summed E-state index contributed by atoms with van der Waals surface area (Å²) in [7, 11) is 1.65. The molecule has 1 aliphatic carbocycles. The number of carbonyl (C=O) groups is 2. The van der Waals surface area contributed by atoms with Crippen LogP contribution in [-0.2, 0) is 4.79 Å². The number of ketones is 1. The van der Waals surface area contributed by atoms with Crippen molar-refractivity contribution in [3.63, 3.8) is 0 Å². The number of nitrogens with zero attached hydrogens (tertiary/aromatic N) is 1. The lowest BCUT2D eigenvalue weighted by Crippen LogP contribution is -2.25. The zero-order valence-electron chi connectivity index (χ0n) is 18.7. The molecule has 3 aromatic carbocycles. The summed E-state index contributed by atoms with van der Waals surface area (Å²) < 4.78 is 6.34. The van der Waals surface area contributed by atoms with E-state index in [9.17, 15) is 14.7 Å². The fourth-order valence-corrected chi connectivity index (χ4v) is 5.48. The van der Waals surface area contributed by atoms with Crippen molar-refractivity contribution < 1.29 is 19.4 Å². The summed E-state index contributed by atoms with van der Waals surface area (Å²) >= 11 is 1.57. The minimum absolute atomic E-state index is 0.0653. The molecule has 1 aromatic heterocycles. The van der Waals surface area contributed by atoms with Crippen molar-refractivity contribution >= 4 is 44.1 Å². The number of hydrogen-bond donors (Lipinski definition) is 2. The molecule has 2 atom stereocenters. The molecule has 0 aliphatic heterocycles. The Morgan fingerprint density at radius 2 is 1.65 bits per heavy atom. The van der Waals surface area contributed by atoms with Crippen LogP contribution in [0, 0.1) is 11.8 Å². The number of anilines is 2. The molecule has 7 heteroatoms. The Hall–Kier alpha value is -3.71. The van der Waals surface area contributed by atoms with Gasteiger partial charge in [-0.3, -0.25) is 9.59 Å². The van der Waals surface area contributed by atoms with Crippen molar-refractivity contribution in [1.82, 2.24) is 4.98 Å². The molecule has 0 radical (unpaired) electrons. The largest absolute Gasteiger partial charge is 0.497 e. The van der Waals surface area contributed by atoms with E-state index in [-0.39, 0.29) is 5.78 Å². The van der Waals surface area contributed by atoms with Crippen LogP contribution < -0.4 is 10.1 Å². The Bertz CT molecular complexity index is 1350. The highest BCUT2D eigenvalue weighted by Crippen LogP contribution is 2.35. The van der Waals surface area contributed by atoms with Gasteiger partial charge in [0.2, 0.25) is 0 Å². The van der Waals surface area contributed by atoms with E-state index < -0.39 is 17.8 Å². The molecule has 0 bridgehead atoms. The molecule has 172 valence electrons. The molecule has 4 aromatic rings. The number of nitrogens with one attached hydrogen (secondary N) is 1. The van der Waals surface area contributed by atoms with E-state index in [1.807, 2.05) is 54.6 Å². The molecule has 1 fully saturated rings. The Labute approximate surface area is 201 Å². The van der Waals surface area contributed by atoms with E-state index in [4.69, 9.17) is 4.74 Å².